The Kier molecular flexibility index (Phi) is 4.78. The summed E-state index contributed by atoms with van der Waals surface area (Å²) in [6.45, 7) is 7.19. The predicted octanol–water partition coefficient (Wildman–Crippen LogP) is 4.23. The minimum atomic E-state index is -0.556. The van der Waals surface area contributed by atoms with Gasteiger partial charge in [0.05, 0.1) is 19.3 Å². The lowest BCUT2D eigenvalue weighted by molar-refractivity contribution is 0.0252. The first-order valence-electron chi connectivity index (χ1n) is 11.1. The molecule has 2 aliphatic heterocycles. The smallest absolute Gasteiger partial charge is 0.410 e. The van der Waals surface area contributed by atoms with Crippen LogP contribution in [0.5, 0.6) is 11.5 Å². The van der Waals surface area contributed by atoms with Gasteiger partial charge in [0.1, 0.15) is 17.1 Å². The Morgan fingerprint density at radius 1 is 1.09 bits per heavy atom. The van der Waals surface area contributed by atoms with Gasteiger partial charge in [0.25, 0.3) is 5.91 Å². The number of hydrogen-bond acceptors (Lipinski definition) is 5. The third-order valence-corrected chi connectivity index (χ3v) is 6.87. The van der Waals surface area contributed by atoms with Crippen molar-refractivity contribution in [1.29, 1.82) is 0 Å². The summed E-state index contributed by atoms with van der Waals surface area (Å²) in [5.74, 6) is 1.18. The van der Waals surface area contributed by atoms with E-state index in [1.165, 1.54) is 0 Å². The van der Waals surface area contributed by atoms with Crippen LogP contribution >= 0.6 is 0 Å². The van der Waals surface area contributed by atoms with Crippen molar-refractivity contribution in [1.82, 2.24) is 4.90 Å². The molecule has 7 heteroatoms. The number of benzene rings is 2. The zero-order chi connectivity index (χ0) is 23.4. The van der Waals surface area contributed by atoms with Crippen LogP contribution in [0.1, 0.15) is 48.7 Å². The molecule has 1 saturated heterocycles. The molecule has 2 unspecified atom stereocenters. The van der Waals surface area contributed by atoms with Crippen LogP contribution in [0.25, 0.3) is 0 Å². The Bertz CT molecular complexity index is 1150. The summed E-state index contributed by atoms with van der Waals surface area (Å²) < 4.78 is 17.2. The average molecular weight is 449 g/mol. The number of amides is 2. The van der Waals surface area contributed by atoms with Crippen molar-refractivity contribution < 1.29 is 23.8 Å². The van der Waals surface area contributed by atoms with Gasteiger partial charge in [-0.2, -0.15) is 0 Å². The van der Waals surface area contributed by atoms with Crippen molar-refractivity contribution in [2.75, 3.05) is 26.8 Å². The second kappa shape index (κ2) is 7.33. The lowest BCUT2D eigenvalue weighted by Gasteiger charge is -2.26. The Morgan fingerprint density at radius 3 is 2.52 bits per heavy atom. The lowest BCUT2D eigenvalue weighted by atomic mass is 9.89. The van der Waals surface area contributed by atoms with Gasteiger partial charge in [-0.05, 0) is 63.1 Å². The quantitative estimate of drug-likeness (QED) is 0.684. The maximum absolute atomic E-state index is 12.9. The number of rotatable bonds is 5. The Balaban J connectivity index is 1.39. The topological polar surface area (TPSA) is 77.4 Å². The predicted molar refractivity (Wildman–Crippen MR) is 123 cm³/mol. The molecule has 7 nitrogen and oxygen atoms in total. The van der Waals surface area contributed by atoms with Crippen molar-refractivity contribution >= 4 is 18.2 Å². The summed E-state index contributed by atoms with van der Waals surface area (Å²) >= 11 is 0. The van der Waals surface area contributed by atoms with Crippen LogP contribution in [-0.2, 0) is 10.2 Å². The second-order valence-electron chi connectivity index (χ2n) is 10.2. The van der Waals surface area contributed by atoms with E-state index in [4.69, 9.17) is 14.2 Å². The van der Waals surface area contributed by atoms with Crippen LogP contribution in [0.4, 0.5) is 4.79 Å². The molecule has 2 fully saturated rings. The van der Waals surface area contributed by atoms with E-state index >= 15 is 0 Å². The molecule has 2 atom stereocenters. The first-order chi connectivity index (χ1) is 15.6. The van der Waals surface area contributed by atoms with E-state index in [9.17, 15) is 9.59 Å². The molecule has 0 aromatic heterocycles. The van der Waals surface area contributed by atoms with Crippen molar-refractivity contribution in [3.05, 3.63) is 59.2 Å². The molecule has 1 aliphatic carbocycles. The van der Waals surface area contributed by atoms with Crippen LogP contribution < -0.4 is 9.47 Å². The van der Waals surface area contributed by atoms with E-state index in [1.807, 2.05) is 45.0 Å². The van der Waals surface area contributed by atoms with Crippen molar-refractivity contribution in [2.45, 2.75) is 38.2 Å². The highest BCUT2D eigenvalue weighted by Crippen LogP contribution is 2.69. The van der Waals surface area contributed by atoms with E-state index < -0.39 is 5.60 Å². The molecular weight excluding hydrogens is 420 g/mol. The molecular formula is C26H28N2O5. The Morgan fingerprint density at radius 2 is 1.82 bits per heavy atom. The fourth-order valence-corrected chi connectivity index (χ4v) is 5.15. The fraction of sp³-hybridized carbons (Fsp3) is 0.423. The first-order valence-corrected chi connectivity index (χ1v) is 11.1. The third kappa shape index (κ3) is 3.65. The van der Waals surface area contributed by atoms with Crippen LogP contribution in [0, 0.1) is 5.41 Å². The van der Waals surface area contributed by atoms with Gasteiger partial charge < -0.3 is 19.1 Å². The SMILES string of the molecule is COc1ccc(C23CN(C(=O)OC(C)(C)C)CC2(COc2ccc4c(c2)C(=O)N=C4)C3)cc1. The number of ether oxygens (including phenoxy) is 3. The number of nitrogens with zero attached hydrogens (tertiary/aromatic N) is 2. The normalized spacial score (nSPS) is 25.0. The molecule has 0 bridgehead atoms. The number of fused-ring (bicyclic) bond motifs is 2. The van der Waals surface area contributed by atoms with Crippen molar-refractivity contribution in [3.63, 3.8) is 0 Å². The summed E-state index contributed by atoms with van der Waals surface area (Å²) in [5.41, 5.74) is 1.55. The van der Waals surface area contributed by atoms with E-state index in [1.54, 1.807) is 24.3 Å². The maximum Gasteiger partial charge on any atom is 0.410 e. The summed E-state index contributed by atoms with van der Waals surface area (Å²) in [6, 6.07) is 13.5. The van der Waals surface area contributed by atoms with E-state index in [0.717, 1.165) is 23.3 Å². The van der Waals surface area contributed by atoms with E-state index in [0.29, 0.717) is 31.0 Å². The molecule has 5 rings (SSSR count). The lowest BCUT2D eigenvalue weighted by Crippen LogP contribution is -2.38. The summed E-state index contributed by atoms with van der Waals surface area (Å²) in [4.78, 5) is 30.5. The highest BCUT2D eigenvalue weighted by Gasteiger charge is 2.74. The zero-order valence-electron chi connectivity index (χ0n) is 19.4. The number of carbonyl (C=O) groups excluding carboxylic acids is 2. The highest BCUT2D eigenvalue weighted by molar-refractivity contribution is 6.13. The summed E-state index contributed by atoms with van der Waals surface area (Å²) in [6.07, 6.45) is 2.19. The number of carbonyl (C=O) groups is 2. The molecule has 33 heavy (non-hydrogen) atoms. The highest BCUT2D eigenvalue weighted by atomic mass is 16.6. The molecule has 3 aliphatic rings. The van der Waals surface area contributed by atoms with E-state index in [2.05, 4.69) is 17.1 Å². The maximum atomic E-state index is 12.9. The Hall–Kier alpha value is -3.35. The molecule has 2 amide bonds. The standard InChI is InChI=1S/C26H28N2O5/c1-24(2,3)33-23(30)28-14-25(13-26(25,15-28)18-6-9-19(31-4)10-7-18)16-32-20-8-5-17-12-27-22(29)21(17)11-20/h5-12H,13-16H2,1-4H3. The van der Waals surface area contributed by atoms with Gasteiger partial charge in [0.2, 0.25) is 0 Å². The van der Waals surface area contributed by atoms with Gasteiger partial charge in [-0.3, -0.25) is 4.79 Å². The second-order valence-corrected chi connectivity index (χ2v) is 10.2. The number of methoxy groups -OCH3 is 1. The number of aliphatic imine (C=N–C) groups is 1. The monoisotopic (exact) mass is 448 g/mol. The van der Waals surface area contributed by atoms with E-state index in [-0.39, 0.29) is 22.8 Å². The minimum Gasteiger partial charge on any atom is -0.497 e. The van der Waals surface area contributed by atoms with Crippen LogP contribution in [-0.4, -0.2) is 55.5 Å². The van der Waals surface area contributed by atoms with Gasteiger partial charge in [0, 0.05) is 35.7 Å². The van der Waals surface area contributed by atoms with Gasteiger partial charge in [-0.1, -0.05) is 12.1 Å². The fourth-order valence-electron chi connectivity index (χ4n) is 5.15. The third-order valence-electron chi connectivity index (χ3n) is 6.87. The summed E-state index contributed by atoms with van der Waals surface area (Å²) in [5, 5.41) is 0. The van der Waals surface area contributed by atoms with Crippen LogP contribution in [0.2, 0.25) is 0 Å². The van der Waals surface area contributed by atoms with Crippen molar-refractivity contribution in [3.8, 4) is 11.5 Å². The molecule has 2 aromatic rings. The van der Waals surface area contributed by atoms with Crippen LogP contribution in [0.3, 0.4) is 0 Å². The molecule has 172 valence electrons. The van der Waals surface area contributed by atoms with Gasteiger partial charge in [0.15, 0.2) is 0 Å². The number of likely N-dealkylation sites (tertiary alicyclic amines) is 1. The largest absolute Gasteiger partial charge is 0.497 e. The van der Waals surface area contributed by atoms with Crippen molar-refractivity contribution in [2.24, 2.45) is 10.4 Å². The molecule has 2 heterocycles. The number of hydrogen-bond donors (Lipinski definition) is 0. The average Bonchev–Trinajstić information content (AvgIpc) is 3.06. The number of piperidine rings is 1. The van der Waals surface area contributed by atoms with Gasteiger partial charge >= 0.3 is 6.09 Å². The molecule has 0 N–H and O–H groups in total. The Labute approximate surface area is 193 Å². The van der Waals surface area contributed by atoms with Gasteiger partial charge in [-0.25, -0.2) is 9.79 Å². The molecule has 0 spiro atoms. The minimum absolute atomic E-state index is 0.203. The summed E-state index contributed by atoms with van der Waals surface area (Å²) in [7, 11) is 1.65. The van der Waals surface area contributed by atoms with Crippen LogP contribution in [0.15, 0.2) is 47.5 Å². The molecule has 1 saturated carbocycles. The van der Waals surface area contributed by atoms with Gasteiger partial charge in [-0.15, -0.1) is 0 Å². The first kappa shape index (κ1) is 21.5. The molecule has 0 radical (unpaired) electrons. The molecule has 2 aromatic carbocycles. The zero-order valence-corrected chi connectivity index (χ0v) is 19.4.